The maximum atomic E-state index is 11.7. The summed E-state index contributed by atoms with van der Waals surface area (Å²) in [6.45, 7) is 0. The van der Waals surface area contributed by atoms with Gasteiger partial charge in [0.05, 0.1) is 11.8 Å². The molecule has 14 heavy (non-hydrogen) atoms. The number of carbonyl (C=O) groups excluding carboxylic acids is 1. The third kappa shape index (κ3) is 2.61. The molecule has 4 nitrogen and oxygen atoms in total. The van der Waals surface area contributed by atoms with E-state index in [1.165, 1.54) is 0 Å². The third-order valence-electron chi connectivity index (χ3n) is 1.24. The molecule has 0 saturated carbocycles. The highest BCUT2D eigenvalue weighted by Gasteiger charge is 2.31. The lowest BCUT2D eigenvalue weighted by Gasteiger charge is -2.07. The van der Waals surface area contributed by atoms with Crippen LogP contribution in [0, 0.1) is 0 Å². The SMILES string of the molecule is O=Cc1cc(OC(F)(F)F)ncc1O. The van der Waals surface area contributed by atoms with Gasteiger partial charge in [0.2, 0.25) is 5.88 Å². The normalized spacial score (nSPS) is 11.1. The fraction of sp³-hybridized carbons (Fsp3) is 0.143. The third-order valence-corrected chi connectivity index (χ3v) is 1.24. The van der Waals surface area contributed by atoms with Gasteiger partial charge >= 0.3 is 6.36 Å². The number of aldehydes is 1. The van der Waals surface area contributed by atoms with Crippen molar-refractivity contribution in [3.05, 3.63) is 17.8 Å². The average molecular weight is 207 g/mol. The molecule has 0 aliphatic heterocycles. The summed E-state index contributed by atoms with van der Waals surface area (Å²) in [5.74, 6) is -1.30. The van der Waals surface area contributed by atoms with Crippen molar-refractivity contribution >= 4 is 6.29 Å². The smallest absolute Gasteiger partial charge is 0.506 e. The molecule has 0 bridgehead atoms. The van der Waals surface area contributed by atoms with Crippen LogP contribution in [0.5, 0.6) is 11.6 Å². The molecule has 1 heterocycles. The number of carbonyl (C=O) groups is 1. The molecule has 0 spiro atoms. The first-order chi connectivity index (χ1) is 6.42. The van der Waals surface area contributed by atoms with Crippen LogP contribution in [0.4, 0.5) is 13.2 Å². The van der Waals surface area contributed by atoms with Gasteiger partial charge < -0.3 is 9.84 Å². The second-order valence-corrected chi connectivity index (χ2v) is 2.25. The molecule has 1 aromatic heterocycles. The van der Waals surface area contributed by atoms with E-state index in [1.54, 1.807) is 0 Å². The lowest BCUT2D eigenvalue weighted by atomic mass is 10.3. The summed E-state index contributed by atoms with van der Waals surface area (Å²) in [4.78, 5) is 13.3. The summed E-state index contributed by atoms with van der Waals surface area (Å²) in [5, 5.41) is 8.90. The van der Waals surface area contributed by atoms with Crippen LogP contribution in [0.1, 0.15) is 10.4 Å². The molecular weight excluding hydrogens is 203 g/mol. The minimum Gasteiger partial charge on any atom is -0.506 e. The lowest BCUT2D eigenvalue weighted by Crippen LogP contribution is -2.17. The second-order valence-electron chi connectivity index (χ2n) is 2.25. The van der Waals surface area contributed by atoms with Gasteiger partial charge in [-0.3, -0.25) is 4.79 Å². The molecule has 0 fully saturated rings. The quantitative estimate of drug-likeness (QED) is 0.746. The summed E-state index contributed by atoms with van der Waals surface area (Å²) < 4.78 is 38.4. The van der Waals surface area contributed by atoms with Crippen molar-refractivity contribution in [3.8, 4) is 11.6 Å². The van der Waals surface area contributed by atoms with Crippen LogP contribution in [-0.4, -0.2) is 22.7 Å². The number of halogens is 3. The molecule has 0 saturated heterocycles. The van der Waals surface area contributed by atoms with Crippen LogP contribution in [0.2, 0.25) is 0 Å². The van der Waals surface area contributed by atoms with E-state index in [4.69, 9.17) is 5.11 Å². The van der Waals surface area contributed by atoms with Gasteiger partial charge in [-0.2, -0.15) is 0 Å². The van der Waals surface area contributed by atoms with Crippen LogP contribution < -0.4 is 4.74 Å². The van der Waals surface area contributed by atoms with E-state index in [0.29, 0.717) is 12.3 Å². The number of pyridine rings is 1. The Hall–Kier alpha value is -1.79. The molecule has 0 radical (unpaired) electrons. The molecule has 0 aliphatic carbocycles. The van der Waals surface area contributed by atoms with E-state index in [2.05, 4.69) is 9.72 Å². The lowest BCUT2D eigenvalue weighted by molar-refractivity contribution is -0.276. The second kappa shape index (κ2) is 3.52. The molecular formula is C7H4F3NO3. The van der Waals surface area contributed by atoms with Gasteiger partial charge in [-0.15, -0.1) is 13.2 Å². The van der Waals surface area contributed by atoms with Crippen molar-refractivity contribution in [2.24, 2.45) is 0 Å². The minimum atomic E-state index is -4.87. The number of hydrogen-bond donors (Lipinski definition) is 1. The Morgan fingerprint density at radius 2 is 2.14 bits per heavy atom. The van der Waals surface area contributed by atoms with Gasteiger partial charge in [-0.1, -0.05) is 0 Å². The van der Waals surface area contributed by atoms with E-state index in [9.17, 15) is 18.0 Å². The molecule has 0 atom stereocenters. The van der Waals surface area contributed by atoms with Crippen molar-refractivity contribution in [2.75, 3.05) is 0 Å². The largest absolute Gasteiger partial charge is 0.574 e. The van der Waals surface area contributed by atoms with E-state index in [-0.39, 0.29) is 11.8 Å². The summed E-state index contributed by atoms with van der Waals surface area (Å²) in [7, 11) is 0. The van der Waals surface area contributed by atoms with Gasteiger partial charge in [-0.05, 0) is 0 Å². The Labute approximate surface area is 75.9 Å². The van der Waals surface area contributed by atoms with Crippen molar-refractivity contribution < 1.29 is 27.8 Å². The van der Waals surface area contributed by atoms with Gasteiger partial charge in [0.1, 0.15) is 5.75 Å². The highest BCUT2D eigenvalue weighted by Crippen LogP contribution is 2.24. The van der Waals surface area contributed by atoms with Crippen LogP contribution in [0.3, 0.4) is 0 Å². The summed E-state index contributed by atoms with van der Waals surface area (Å²) in [5.41, 5.74) is -0.320. The van der Waals surface area contributed by atoms with Gasteiger partial charge in [0.25, 0.3) is 0 Å². The number of aromatic nitrogens is 1. The number of aromatic hydroxyl groups is 1. The summed E-state index contributed by atoms with van der Waals surface area (Å²) in [6.07, 6.45) is -3.98. The predicted molar refractivity (Wildman–Crippen MR) is 38.0 cm³/mol. The first kappa shape index (κ1) is 10.3. The molecule has 1 aromatic rings. The van der Waals surface area contributed by atoms with Crippen LogP contribution in [0.25, 0.3) is 0 Å². The fourth-order valence-corrected chi connectivity index (χ4v) is 0.712. The monoisotopic (exact) mass is 207 g/mol. The van der Waals surface area contributed by atoms with Gasteiger partial charge in [0, 0.05) is 6.07 Å². The Morgan fingerprint density at radius 1 is 1.50 bits per heavy atom. The standard InChI is InChI=1S/C7H4F3NO3/c8-7(9,10)14-6-1-4(3-12)5(13)2-11-6/h1-3,13H. The average Bonchev–Trinajstić information content (AvgIpc) is 2.06. The first-order valence-electron chi connectivity index (χ1n) is 3.32. The van der Waals surface area contributed by atoms with Crippen molar-refractivity contribution in [1.82, 2.24) is 4.98 Å². The summed E-state index contributed by atoms with van der Waals surface area (Å²) in [6, 6.07) is 0.690. The van der Waals surface area contributed by atoms with Crippen molar-refractivity contribution in [1.29, 1.82) is 0 Å². The molecule has 7 heteroatoms. The molecule has 0 amide bonds. The van der Waals surface area contributed by atoms with Crippen LogP contribution in [-0.2, 0) is 0 Å². The number of nitrogens with zero attached hydrogens (tertiary/aromatic N) is 1. The van der Waals surface area contributed by atoms with Gasteiger partial charge in [-0.25, -0.2) is 4.98 Å². The zero-order valence-corrected chi connectivity index (χ0v) is 6.58. The molecule has 0 aliphatic rings. The van der Waals surface area contributed by atoms with Crippen LogP contribution in [0.15, 0.2) is 12.3 Å². The van der Waals surface area contributed by atoms with Gasteiger partial charge in [0.15, 0.2) is 6.29 Å². The number of ether oxygens (including phenoxy) is 1. The predicted octanol–water partition coefficient (Wildman–Crippen LogP) is 1.50. The maximum absolute atomic E-state index is 11.7. The Balaban J connectivity index is 2.95. The molecule has 0 aromatic carbocycles. The maximum Gasteiger partial charge on any atom is 0.574 e. The number of alkyl halides is 3. The molecule has 76 valence electrons. The highest BCUT2D eigenvalue weighted by atomic mass is 19.4. The molecule has 0 unspecified atom stereocenters. The van der Waals surface area contributed by atoms with E-state index in [1.807, 2.05) is 0 Å². The Morgan fingerprint density at radius 3 is 2.64 bits per heavy atom. The zero-order valence-electron chi connectivity index (χ0n) is 6.58. The highest BCUT2D eigenvalue weighted by molar-refractivity contribution is 5.79. The minimum absolute atomic E-state index is 0.195. The van der Waals surface area contributed by atoms with E-state index >= 15 is 0 Å². The fourth-order valence-electron chi connectivity index (χ4n) is 0.712. The topological polar surface area (TPSA) is 59.4 Å². The molecule has 1 N–H and O–H groups in total. The zero-order chi connectivity index (χ0) is 10.8. The van der Waals surface area contributed by atoms with Crippen molar-refractivity contribution in [2.45, 2.75) is 6.36 Å². The van der Waals surface area contributed by atoms with Crippen molar-refractivity contribution in [3.63, 3.8) is 0 Å². The first-order valence-corrected chi connectivity index (χ1v) is 3.32. The Kier molecular flexibility index (Phi) is 2.59. The molecule has 1 rings (SSSR count). The number of rotatable bonds is 2. The van der Waals surface area contributed by atoms with E-state index < -0.39 is 18.0 Å². The van der Waals surface area contributed by atoms with E-state index in [0.717, 1.165) is 0 Å². The summed E-state index contributed by atoms with van der Waals surface area (Å²) >= 11 is 0. The Bertz CT molecular complexity index is 351. The number of hydrogen-bond acceptors (Lipinski definition) is 4. The van der Waals surface area contributed by atoms with Crippen LogP contribution >= 0.6 is 0 Å².